The van der Waals surface area contributed by atoms with Crippen molar-refractivity contribution >= 4 is 0 Å². The molecule has 1 nitrogen and oxygen atoms in total. The quantitative estimate of drug-likeness (QED) is 0.426. The van der Waals surface area contributed by atoms with Crippen molar-refractivity contribution in [1.82, 2.24) is 0 Å². The standard InChI is InChI=1S/C31H50O/c1-9-28(5)26-14-13-25-24(29(26,6)18-17-27(28)32)16-20-30(7)23(15-19-31(25,30)8)22(4)12-10-11-21(2)3/h9,11,22-23,26-27,32H,1,10,12-20H2,2-8H3/t22-,23-,26?,27?,28?,29-,30-,31+/m1/s1. The molecule has 0 amide bonds. The zero-order valence-electron chi connectivity index (χ0n) is 22.2. The van der Waals surface area contributed by atoms with Crippen molar-refractivity contribution in [3.63, 3.8) is 0 Å². The van der Waals surface area contributed by atoms with Gasteiger partial charge < -0.3 is 5.11 Å². The zero-order chi connectivity index (χ0) is 23.5. The summed E-state index contributed by atoms with van der Waals surface area (Å²) in [6, 6.07) is 0. The van der Waals surface area contributed by atoms with Gasteiger partial charge in [-0.1, -0.05) is 63.5 Å². The number of aliphatic hydroxyl groups excluding tert-OH is 1. The molecule has 2 saturated carbocycles. The molecular formula is C31H50O. The zero-order valence-corrected chi connectivity index (χ0v) is 22.2. The number of hydrogen-bond acceptors (Lipinski definition) is 1. The van der Waals surface area contributed by atoms with E-state index in [0.717, 1.165) is 24.7 Å². The number of hydrogen-bond donors (Lipinski definition) is 1. The predicted octanol–water partition coefficient (Wildman–Crippen LogP) is 8.65. The average Bonchev–Trinajstić information content (AvgIpc) is 3.02. The second-order valence-corrected chi connectivity index (χ2v) is 13.3. The smallest absolute Gasteiger partial charge is 0.0631 e. The predicted molar refractivity (Wildman–Crippen MR) is 137 cm³/mol. The molecule has 4 aliphatic rings. The van der Waals surface area contributed by atoms with Gasteiger partial charge in [-0.25, -0.2) is 0 Å². The molecule has 3 unspecified atom stereocenters. The van der Waals surface area contributed by atoms with Gasteiger partial charge in [-0.05, 0) is 112 Å². The Morgan fingerprint density at radius 3 is 2.41 bits per heavy atom. The Bertz CT molecular complexity index is 814. The van der Waals surface area contributed by atoms with Crippen LogP contribution in [0.4, 0.5) is 0 Å². The fourth-order valence-electron chi connectivity index (χ4n) is 9.49. The lowest BCUT2D eigenvalue weighted by Gasteiger charge is -2.62. The Morgan fingerprint density at radius 1 is 1.03 bits per heavy atom. The first-order valence-electron chi connectivity index (χ1n) is 13.6. The number of fused-ring (bicyclic) bond motifs is 4. The molecule has 0 bridgehead atoms. The van der Waals surface area contributed by atoms with Crippen molar-refractivity contribution in [3.8, 4) is 0 Å². The van der Waals surface area contributed by atoms with Crippen LogP contribution in [0.15, 0.2) is 35.5 Å². The van der Waals surface area contributed by atoms with E-state index in [1.54, 1.807) is 0 Å². The largest absolute Gasteiger partial charge is 0.392 e. The van der Waals surface area contributed by atoms with Gasteiger partial charge in [0.05, 0.1) is 6.10 Å². The van der Waals surface area contributed by atoms with Gasteiger partial charge in [-0.2, -0.15) is 0 Å². The molecule has 0 aromatic heterocycles. The number of rotatable bonds is 5. The summed E-state index contributed by atoms with van der Waals surface area (Å²) in [6.45, 7) is 21.4. The summed E-state index contributed by atoms with van der Waals surface area (Å²) >= 11 is 0. The lowest BCUT2D eigenvalue weighted by Crippen LogP contribution is -2.55. The fraction of sp³-hybridized carbons (Fsp3) is 0.806. The molecule has 4 rings (SSSR count). The summed E-state index contributed by atoms with van der Waals surface area (Å²) in [4.78, 5) is 0. The Labute approximate surface area is 198 Å². The lowest BCUT2D eigenvalue weighted by atomic mass is 9.43. The van der Waals surface area contributed by atoms with Crippen LogP contribution in [0.3, 0.4) is 0 Å². The lowest BCUT2D eigenvalue weighted by molar-refractivity contribution is -0.0801. The molecule has 0 aromatic rings. The molecule has 0 aliphatic heterocycles. The topological polar surface area (TPSA) is 20.2 Å². The highest BCUT2D eigenvalue weighted by molar-refractivity contribution is 5.39. The van der Waals surface area contributed by atoms with Gasteiger partial charge in [0.25, 0.3) is 0 Å². The van der Waals surface area contributed by atoms with Crippen molar-refractivity contribution in [1.29, 1.82) is 0 Å². The van der Waals surface area contributed by atoms with Crippen LogP contribution >= 0.6 is 0 Å². The third-order valence-corrected chi connectivity index (χ3v) is 11.8. The summed E-state index contributed by atoms with van der Waals surface area (Å²) in [7, 11) is 0. The third kappa shape index (κ3) is 3.27. The maximum absolute atomic E-state index is 10.9. The van der Waals surface area contributed by atoms with Crippen molar-refractivity contribution in [2.45, 2.75) is 119 Å². The van der Waals surface area contributed by atoms with E-state index in [1.165, 1.54) is 56.9 Å². The Balaban J connectivity index is 1.66. The molecule has 0 heterocycles. The van der Waals surface area contributed by atoms with E-state index < -0.39 is 0 Å². The molecule has 0 spiro atoms. The summed E-state index contributed by atoms with van der Waals surface area (Å²) < 4.78 is 0. The SMILES string of the molecule is C=CC1(C)C(O)CC[C@]2(C)C3=C(CCC12)[C@]1(C)CC[C@H]([C@H](C)CCC=C(C)C)[C@@]1(C)CC3. The van der Waals surface area contributed by atoms with E-state index >= 15 is 0 Å². The van der Waals surface area contributed by atoms with Crippen molar-refractivity contribution in [3.05, 3.63) is 35.5 Å². The van der Waals surface area contributed by atoms with Crippen LogP contribution in [-0.2, 0) is 0 Å². The number of allylic oxidation sites excluding steroid dienone is 4. The van der Waals surface area contributed by atoms with Gasteiger partial charge in [0, 0.05) is 5.41 Å². The van der Waals surface area contributed by atoms with Gasteiger partial charge >= 0.3 is 0 Å². The normalized spacial score (nSPS) is 46.7. The molecule has 8 atom stereocenters. The first-order chi connectivity index (χ1) is 14.9. The summed E-state index contributed by atoms with van der Waals surface area (Å²) in [5.74, 6) is 2.19. The molecule has 1 N–H and O–H groups in total. The second kappa shape index (κ2) is 8.14. The minimum absolute atomic E-state index is 0.148. The Morgan fingerprint density at radius 2 is 1.75 bits per heavy atom. The van der Waals surface area contributed by atoms with Crippen LogP contribution in [-0.4, -0.2) is 11.2 Å². The van der Waals surface area contributed by atoms with Crippen molar-refractivity contribution in [2.24, 2.45) is 39.4 Å². The Hall–Kier alpha value is -0.820. The van der Waals surface area contributed by atoms with Crippen LogP contribution in [0.25, 0.3) is 0 Å². The maximum Gasteiger partial charge on any atom is 0.0631 e. The molecule has 0 radical (unpaired) electrons. The van der Waals surface area contributed by atoms with Crippen LogP contribution in [0, 0.1) is 39.4 Å². The van der Waals surface area contributed by atoms with Gasteiger partial charge in [0.2, 0.25) is 0 Å². The van der Waals surface area contributed by atoms with E-state index in [9.17, 15) is 5.11 Å². The third-order valence-electron chi connectivity index (χ3n) is 11.8. The van der Waals surface area contributed by atoms with Crippen molar-refractivity contribution < 1.29 is 5.11 Å². The number of aliphatic hydroxyl groups is 1. The van der Waals surface area contributed by atoms with Crippen LogP contribution < -0.4 is 0 Å². The van der Waals surface area contributed by atoms with E-state index in [0.29, 0.717) is 16.7 Å². The maximum atomic E-state index is 10.9. The monoisotopic (exact) mass is 438 g/mol. The van der Waals surface area contributed by atoms with Crippen LogP contribution in [0.2, 0.25) is 0 Å². The summed E-state index contributed by atoms with van der Waals surface area (Å²) in [5.41, 5.74) is 6.03. The average molecular weight is 439 g/mol. The van der Waals surface area contributed by atoms with Gasteiger partial charge in [-0.3, -0.25) is 0 Å². The van der Waals surface area contributed by atoms with Gasteiger partial charge in [0.1, 0.15) is 0 Å². The van der Waals surface area contributed by atoms with Crippen LogP contribution in [0.5, 0.6) is 0 Å². The molecule has 1 heteroatoms. The molecule has 0 saturated heterocycles. The highest BCUT2D eigenvalue weighted by Crippen LogP contribution is 2.72. The van der Waals surface area contributed by atoms with Gasteiger partial charge in [0.15, 0.2) is 0 Å². The molecule has 32 heavy (non-hydrogen) atoms. The molecule has 4 aliphatic carbocycles. The highest BCUT2D eigenvalue weighted by atomic mass is 16.3. The first kappa shape index (κ1) is 24.3. The first-order valence-corrected chi connectivity index (χ1v) is 13.6. The fourth-order valence-corrected chi connectivity index (χ4v) is 9.49. The summed E-state index contributed by atoms with van der Waals surface area (Å²) in [6.07, 6.45) is 16.8. The van der Waals surface area contributed by atoms with Crippen molar-refractivity contribution in [2.75, 3.05) is 0 Å². The Kier molecular flexibility index (Phi) is 6.19. The van der Waals surface area contributed by atoms with E-state index in [4.69, 9.17) is 0 Å². The second-order valence-electron chi connectivity index (χ2n) is 13.3. The van der Waals surface area contributed by atoms with E-state index in [2.05, 4.69) is 67.2 Å². The molecule has 0 aromatic carbocycles. The summed E-state index contributed by atoms with van der Waals surface area (Å²) in [5, 5.41) is 10.9. The molecule has 180 valence electrons. The minimum atomic E-state index is -0.234. The molecular weight excluding hydrogens is 388 g/mol. The van der Waals surface area contributed by atoms with Crippen LogP contribution in [0.1, 0.15) is 113 Å². The van der Waals surface area contributed by atoms with E-state index in [-0.39, 0.29) is 16.9 Å². The minimum Gasteiger partial charge on any atom is -0.392 e. The van der Waals surface area contributed by atoms with Gasteiger partial charge in [-0.15, -0.1) is 6.58 Å². The molecule has 2 fully saturated rings. The highest BCUT2D eigenvalue weighted by Gasteiger charge is 2.63. The van der Waals surface area contributed by atoms with E-state index in [1.807, 2.05) is 11.1 Å².